The van der Waals surface area contributed by atoms with Crippen LogP contribution in [0.25, 0.3) is 22.2 Å². The Bertz CT molecular complexity index is 1840. The van der Waals surface area contributed by atoms with Crippen LogP contribution < -0.4 is 10.9 Å². The fourth-order valence-electron chi connectivity index (χ4n) is 4.80. The van der Waals surface area contributed by atoms with Gasteiger partial charge in [-0.15, -0.1) is 5.11 Å². The van der Waals surface area contributed by atoms with Crippen LogP contribution in [-0.2, 0) is 29.9 Å². The van der Waals surface area contributed by atoms with Crippen molar-refractivity contribution in [2.24, 2.45) is 20.4 Å². The highest BCUT2D eigenvalue weighted by atomic mass is 32.2. The fourth-order valence-corrected chi connectivity index (χ4v) is 9.01. The second kappa shape index (κ2) is 9.19. The quantitative estimate of drug-likeness (QED) is 0.377. The molecule has 2 aliphatic heterocycles. The van der Waals surface area contributed by atoms with E-state index in [1.54, 1.807) is 18.2 Å². The molecule has 2 aromatic carbocycles. The molecule has 0 saturated carbocycles. The molecule has 0 atom stereocenters. The van der Waals surface area contributed by atoms with Crippen LogP contribution in [0.15, 0.2) is 55.3 Å². The molecule has 2 aliphatic rings. The van der Waals surface area contributed by atoms with Gasteiger partial charge >= 0.3 is 0 Å². The lowest BCUT2D eigenvalue weighted by atomic mass is 9.97. The predicted molar refractivity (Wildman–Crippen MR) is 140 cm³/mol. The third kappa shape index (κ3) is 4.60. The summed E-state index contributed by atoms with van der Waals surface area (Å²) in [7, 11) is -12.4. The molecule has 5 rings (SSSR count). The number of nitrogens with zero attached hydrogens (tertiary/aromatic N) is 5. The van der Waals surface area contributed by atoms with Gasteiger partial charge in [-0.05, 0) is 30.5 Å². The Morgan fingerprint density at radius 2 is 1.71 bits per heavy atom. The normalized spacial score (nSPS) is 17.8. The maximum atomic E-state index is 13.8. The van der Waals surface area contributed by atoms with Crippen molar-refractivity contribution >= 4 is 52.7 Å². The average molecular weight is 581 g/mol. The van der Waals surface area contributed by atoms with Crippen LogP contribution >= 0.6 is 0 Å². The number of piperidine rings is 1. The van der Waals surface area contributed by atoms with Gasteiger partial charge in [-0.3, -0.25) is 0 Å². The van der Waals surface area contributed by atoms with E-state index in [9.17, 15) is 25.3 Å². The number of primary sulfonamides is 1. The molecule has 0 aliphatic carbocycles. The van der Waals surface area contributed by atoms with Gasteiger partial charge in [-0.2, -0.15) is 5.11 Å². The highest BCUT2D eigenvalue weighted by molar-refractivity contribution is 7.94. The van der Waals surface area contributed by atoms with Crippen molar-refractivity contribution in [3.05, 3.63) is 35.9 Å². The number of fused-ring (bicyclic) bond motifs is 1. The third-order valence-electron chi connectivity index (χ3n) is 6.52. The van der Waals surface area contributed by atoms with Crippen LogP contribution in [0.1, 0.15) is 18.4 Å². The predicted octanol–water partition coefficient (Wildman–Crippen LogP) is 0.827. The number of aromatic nitrogens is 2. The molecule has 0 bridgehead atoms. The van der Waals surface area contributed by atoms with Crippen molar-refractivity contribution in [3.8, 4) is 11.1 Å². The molecule has 0 spiro atoms. The summed E-state index contributed by atoms with van der Waals surface area (Å²) >= 11 is 0. The summed E-state index contributed by atoms with van der Waals surface area (Å²) in [4.78, 5) is 10.2. The van der Waals surface area contributed by atoms with E-state index >= 15 is 0 Å². The molecule has 17 heteroatoms. The number of anilines is 1. The Labute approximate surface area is 218 Å². The fraction of sp³-hybridized carbons (Fsp3) is 0.333. The number of amidine groups is 1. The summed E-state index contributed by atoms with van der Waals surface area (Å²) in [6.45, 7) is -0.0942. The van der Waals surface area contributed by atoms with Gasteiger partial charge in [0, 0.05) is 18.7 Å². The van der Waals surface area contributed by atoms with Crippen molar-refractivity contribution in [1.29, 1.82) is 0 Å². The van der Waals surface area contributed by atoms with E-state index in [1.165, 1.54) is 16.4 Å². The van der Waals surface area contributed by atoms with E-state index in [-0.39, 0.29) is 55.5 Å². The lowest BCUT2D eigenvalue weighted by Crippen LogP contribution is -2.42. The van der Waals surface area contributed by atoms with Gasteiger partial charge in [0.1, 0.15) is 4.90 Å². The molecule has 38 heavy (non-hydrogen) atoms. The number of azo groups is 1. The van der Waals surface area contributed by atoms with Crippen LogP contribution in [0.5, 0.6) is 0 Å². The summed E-state index contributed by atoms with van der Waals surface area (Å²) in [6, 6.07) is 7.76. The third-order valence-corrected chi connectivity index (χ3v) is 11.2. The zero-order valence-electron chi connectivity index (χ0n) is 20.1. The van der Waals surface area contributed by atoms with Gasteiger partial charge in [0.2, 0.25) is 20.0 Å². The molecule has 202 valence electrons. The molecule has 0 unspecified atom stereocenters. The van der Waals surface area contributed by atoms with Crippen LogP contribution in [0.4, 0.5) is 5.95 Å². The first-order valence-corrected chi connectivity index (χ1v) is 16.3. The zero-order valence-corrected chi connectivity index (χ0v) is 22.5. The topological polar surface area (TPSA) is 223 Å². The molecule has 1 fully saturated rings. The van der Waals surface area contributed by atoms with Crippen LogP contribution in [0.2, 0.25) is 0 Å². The Morgan fingerprint density at radius 3 is 2.32 bits per heavy atom. The lowest BCUT2D eigenvalue weighted by molar-refractivity contribution is 0.348. The summed E-state index contributed by atoms with van der Waals surface area (Å²) in [5.74, 6) is 0.0479. The molecule has 3 aromatic rings. The molecule has 0 amide bonds. The number of benzene rings is 2. The molecule has 1 saturated heterocycles. The Hall–Kier alpha value is -3.25. The molecule has 1 aromatic heterocycles. The smallest absolute Gasteiger partial charge is 0.240 e. The molecule has 3 heterocycles. The van der Waals surface area contributed by atoms with Crippen LogP contribution in [-0.4, -0.2) is 76.6 Å². The number of rotatable bonds is 6. The first-order chi connectivity index (χ1) is 17.8. The van der Waals surface area contributed by atoms with E-state index in [0.29, 0.717) is 16.6 Å². The highest BCUT2D eigenvalue weighted by Gasteiger charge is 2.39. The van der Waals surface area contributed by atoms with E-state index in [4.69, 9.17) is 10.9 Å². The first-order valence-electron chi connectivity index (χ1n) is 11.3. The molecular formula is C21H24N8O6S3. The SMILES string of the molecule is CS(=O)(=O)N1CCC(S(=O)(=O)c2ccc(-c3cccc4[nH]c(N)nc34)c(C3=NCN=N3)c2S(N)(=O)=O)CC1. The number of aromatic amines is 1. The average Bonchev–Trinajstić information content (AvgIpc) is 3.51. The number of H-pyrrole nitrogens is 1. The van der Waals surface area contributed by atoms with Crippen molar-refractivity contribution in [3.63, 3.8) is 0 Å². The maximum Gasteiger partial charge on any atom is 0.240 e. The minimum atomic E-state index is -4.66. The summed E-state index contributed by atoms with van der Waals surface area (Å²) in [5, 5.41) is 12.4. The monoisotopic (exact) mass is 580 g/mol. The highest BCUT2D eigenvalue weighted by Crippen LogP contribution is 2.39. The Morgan fingerprint density at radius 1 is 1.00 bits per heavy atom. The molecular weight excluding hydrogens is 556 g/mol. The van der Waals surface area contributed by atoms with Gasteiger partial charge in [0.15, 0.2) is 28.3 Å². The number of imidazole rings is 1. The number of para-hydroxylation sites is 1. The Balaban J connectivity index is 1.74. The molecule has 0 radical (unpaired) electrons. The first kappa shape index (κ1) is 26.4. The van der Waals surface area contributed by atoms with E-state index in [0.717, 1.165) is 6.26 Å². The van der Waals surface area contributed by atoms with Crippen molar-refractivity contribution in [2.45, 2.75) is 27.9 Å². The largest absolute Gasteiger partial charge is 0.369 e. The standard InChI is InChI=1S/C21H24N8O6S3/c1-36(30,31)29-9-7-12(8-10-29)37(32,33)16-6-5-13(14-3-2-4-15-18(14)27-21(22)26-15)17(19(16)38(23,34)35)20-24-11-25-28-20/h2-6,12H,7-11H2,1H3,(H3,22,26,27)(H2,23,34,35). The summed E-state index contributed by atoms with van der Waals surface area (Å²) in [6.07, 6.45) is 1.03. The molecule has 14 nitrogen and oxygen atoms in total. The van der Waals surface area contributed by atoms with Gasteiger partial charge in [0.05, 0.1) is 33.0 Å². The van der Waals surface area contributed by atoms with Crippen LogP contribution in [0.3, 0.4) is 0 Å². The lowest BCUT2D eigenvalue weighted by Gasteiger charge is -2.30. The van der Waals surface area contributed by atoms with Gasteiger partial charge in [-0.1, -0.05) is 18.2 Å². The number of nitrogens with one attached hydrogen (secondary N) is 1. The number of hydrogen-bond donors (Lipinski definition) is 3. The second-order valence-corrected chi connectivity index (χ2v) is 14.6. The minimum absolute atomic E-state index is 0.0109. The number of sulfone groups is 1. The van der Waals surface area contributed by atoms with E-state index in [2.05, 4.69) is 25.2 Å². The Kier molecular flexibility index (Phi) is 6.38. The number of nitrogens with two attached hydrogens (primary N) is 2. The number of hydrogen-bond acceptors (Lipinski definition) is 11. The molecule has 5 N–H and O–H groups in total. The van der Waals surface area contributed by atoms with Crippen LogP contribution in [0, 0.1) is 0 Å². The number of sulfonamides is 2. The van der Waals surface area contributed by atoms with Gasteiger partial charge in [-0.25, -0.2) is 44.7 Å². The second-order valence-electron chi connectivity index (χ2n) is 8.96. The van der Waals surface area contributed by atoms with Gasteiger partial charge < -0.3 is 10.7 Å². The summed E-state index contributed by atoms with van der Waals surface area (Å²) in [5.41, 5.74) is 7.45. The minimum Gasteiger partial charge on any atom is -0.369 e. The van der Waals surface area contributed by atoms with Gasteiger partial charge in [0.25, 0.3) is 0 Å². The van der Waals surface area contributed by atoms with E-state index in [1.807, 2.05) is 0 Å². The van der Waals surface area contributed by atoms with Crippen molar-refractivity contribution in [1.82, 2.24) is 14.3 Å². The van der Waals surface area contributed by atoms with Crippen molar-refractivity contribution in [2.75, 3.05) is 31.7 Å². The van der Waals surface area contributed by atoms with E-state index < -0.39 is 44.9 Å². The maximum absolute atomic E-state index is 13.8. The number of aliphatic imine (C=N–C) groups is 1. The van der Waals surface area contributed by atoms with Crippen molar-refractivity contribution < 1.29 is 25.3 Å². The zero-order chi connectivity index (χ0) is 27.5. The number of nitrogen functional groups attached to an aromatic ring is 1. The summed E-state index contributed by atoms with van der Waals surface area (Å²) < 4.78 is 78.7.